The summed E-state index contributed by atoms with van der Waals surface area (Å²) in [5, 5.41) is 0.797. The summed E-state index contributed by atoms with van der Waals surface area (Å²) >= 11 is 5.97. The molecule has 5 heteroatoms. The number of fused-ring (bicyclic) bond motifs is 1. The molecule has 1 unspecified atom stereocenters. The van der Waals surface area contributed by atoms with Crippen LogP contribution in [-0.2, 0) is 12.8 Å². The summed E-state index contributed by atoms with van der Waals surface area (Å²) < 4.78 is 11.0. The summed E-state index contributed by atoms with van der Waals surface area (Å²) in [6.07, 6.45) is 4.40. The van der Waals surface area contributed by atoms with Gasteiger partial charge in [0.25, 0.3) is 0 Å². The van der Waals surface area contributed by atoms with Crippen LogP contribution in [0.1, 0.15) is 35.6 Å². The number of halogens is 2. The van der Waals surface area contributed by atoms with Crippen LogP contribution in [-0.4, -0.2) is 32.7 Å². The lowest BCUT2D eigenvalue weighted by Gasteiger charge is -2.35. The van der Waals surface area contributed by atoms with Gasteiger partial charge in [-0.25, -0.2) is 0 Å². The van der Waals surface area contributed by atoms with Crippen molar-refractivity contribution in [3.8, 4) is 11.5 Å². The molecule has 2 aromatic rings. The SMILES string of the molecule is Br.COc1cc2c(cc1OC)C(CCCc1ccc(Cl)cc1)N(C)CC2. The van der Waals surface area contributed by atoms with Gasteiger partial charge in [0, 0.05) is 17.6 Å². The van der Waals surface area contributed by atoms with E-state index in [2.05, 4.69) is 36.2 Å². The van der Waals surface area contributed by atoms with Gasteiger partial charge in [-0.3, -0.25) is 4.90 Å². The van der Waals surface area contributed by atoms with Crippen molar-refractivity contribution in [1.82, 2.24) is 4.90 Å². The monoisotopic (exact) mass is 439 g/mol. The van der Waals surface area contributed by atoms with E-state index in [4.69, 9.17) is 21.1 Å². The Kier molecular flexibility index (Phi) is 7.81. The van der Waals surface area contributed by atoms with Gasteiger partial charge < -0.3 is 9.47 Å². The van der Waals surface area contributed by atoms with Gasteiger partial charge in [0.2, 0.25) is 0 Å². The summed E-state index contributed by atoms with van der Waals surface area (Å²) in [4.78, 5) is 2.45. The third kappa shape index (κ3) is 4.73. The molecule has 1 heterocycles. The lowest BCUT2D eigenvalue weighted by molar-refractivity contribution is 0.215. The maximum Gasteiger partial charge on any atom is 0.161 e. The van der Waals surface area contributed by atoms with Gasteiger partial charge in [0.05, 0.1) is 14.2 Å². The molecular weight excluding hydrogens is 414 g/mol. The second-order valence-corrected chi connectivity index (χ2v) is 7.11. The standard InChI is InChI=1S/C21H26ClNO2.BrH/c1-23-12-11-16-13-20(24-2)21(25-3)14-18(16)19(23)6-4-5-15-7-9-17(22)10-8-15;/h7-10,13-14,19H,4-6,11-12H2,1-3H3;1H. The van der Waals surface area contributed by atoms with Crippen molar-refractivity contribution < 1.29 is 9.47 Å². The largest absolute Gasteiger partial charge is 0.493 e. The van der Waals surface area contributed by atoms with Crippen LogP contribution in [0.15, 0.2) is 36.4 Å². The van der Waals surface area contributed by atoms with Crippen molar-refractivity contribution >= 4 is 28.6 Å². The second-order valence-electron chi connectivity index (χ2n) is 6.67. The Morgan fingerprint density at radius 3 is 2.38 bits per heavy atom. The highest BCUT2D eigenvalue weighted by atomic mass is 79.9. The van der Waals surface area contributed by atoms with Gasteiger partial charge in [-0.2, -0.15) is 0 Å². The molecule has 0 saturated carbocycles. The smallest absolute Gasteiger partial charge is 0.161 e. The first-order valence-electron chi connectivity index (χ1n) is 8.82. The zero-order valence-electron chi connectivity index (χ0n) is 15.6. The summed E-state index contributed by atoms with van der Waals surface area (Å²) in [7, 11) is 5.61. The summed E-state index contributed by atoms with van der Waals surface area (Å²) in [6, 6.07) is 12.9. The van der Waals surface area contributed by atoms with E-state index in [-0.39, 0.29) is 17.0 Å². The minimum Gasteiger partial charge on any atom is -0.493 e. The maximum absolute atomic E-state index is 5.97. The van der Waals surface area contributed by atoms with Crippen molar-refractivity contribution in [3.05, 3.63) is 58.1 Å². The number of rotatable bonds is 6. The zero-order chi connectivity index (χ0) is 17.8. The van der Waals surface area contributed by atoms with Gasteiger partial charge in [-0.1, -0.05) is 23.7 Å². The van der Waals surface area contributed by atoms with E-state index in [1.165, 1.54) is 16.7 Å². The van der Waals surface area contributed by atoms with E-state index in [0.29, 0.717) is 6.04 Å². The Morgan fingerprint density at radius 1 is 1.08 bits per heavy atom. The van der Waals surface area contributed by atoms with Gasteiger partial charge >= 0.3 is 0 Å². The number of benzene rings is 2. The second kappa shape index (κ2) is 9.63. The van der Waals surface area contributed by atoms with Gasteiger partial charge in [-0.15, -0.1) is 17.0 Å². The summed E-state index contributed by atoms with van der Waals surface area (Å²) in [6.45, 7) is 1.08. The number of hydrogen-bond acceptors (Lipinski definition) is 3. The van der Waals surface area contributed by atoms with Crippen LogP contribution in [0.3, 0.4) is 0 Å². The quantitative estimate of drug-likeness (QED) is 0.593. The Balaban J connectivity index is 0.00000243. The van der Waals surface area contributed by atoms with Gasteiger partial charge in [0.15, 0.2) is 11.5 Å². The third-order valence-electron chi connectivity index (χ3n) is 5.13. The molecule has 1 aliphatic heterocycles. The third-order valence-corrected chi connectivity index (χ3v) is 5.38. The number of ether oxygens (including phenoxy) is 2. The highest BCUT2D eigenvalue weighted by molar-refractivity contribution is 8.93. The predicted octanol–water partition coefficient (Wildman–Crippen LogP) is 5.49. The van der Waals surface area contributed by atoms with E-state index in [1.807, 2.05) is 12.1 Å². The van der Waals surface area contributed by atoms with Crippen molar-refractivity contribution in [2.45, 2.75) is 31.7 Å². The summed E-state index contributed by atoms with van der Waals surface area (Å²) in [5.74, 6) is 1.64. The number of aryl methyl sites for hydroxylation is 1. The Bertz CT molecular complexity index is 721. The van der Waals surface area contributed by atoms with Crippen molar-refractivity contribution in [3.63, 3.8) is 0 Å². The molecule has 0 radical (unpaired) electrons. The van der Waals surface area contributed by atoms with Crippen molar-refractivity contribution in [2.75, 3.05) is 27.8 Å². The normalized spacial score (nSPS) is 16.5. The Morgan fingerprint density at radius 2 is 1.73 bits per heavy atom. The molecule has 142 valence electrons. The first-order valence-corrected chi connectivity index (χ1v) is 9.19. The first-order chi connectivity index (χ1) is 12.1. The van der Waals surface area contributed by atoms with Gasteiger partial charge in [-0.05, 0) is 73.7 Å². The Hall–Kier alpha value is -1.23. The van der Waals surface area contributed by atoms with E-state index < -0.39 is 0 Å². The molecule has 0 amide bonds. The molecule has 0 saturated heterocycles. The number of methoxy groups -OCH3 is 2. The molecule has 0 aromatic heterocycles. The summed E-state index contributed by atoms with van der Waals surface area (Å²) in [5.41, 5.74) is 4.10. The minimum atomic E-state index is 0. The highest BCUT2D eigenvalue weighted by Gasteiger charge is 2.26. The molecule has 0 spiro atoms. The minimum absolute atomic E-state index is 0. The zero-order valence-corrected chi connectivity index (χ0v) is 18.1. The van der Waals surface area contributed by atoms with E-state index in [1.54, 1.807) is 14.2 Å². The first kappa shape index (κ1) is 21.1. The molecule has 1 atom stereocenters. The molecule has 0 fully saturated rings. The van der Waals surface area contributed by atoms with Crippen LogP contribution in [0.2, 0.25) is 5.02 Å². The average molecular weight is 441 g/mol. The molecule has 2 aromatic carbocycles. The van der Waals surface area contributed by atoms with Crippen LogP contribution in [0.4, 0.5) is 0 Å². The van der Waals surface area contributed by atoms with Crippen molar-refractivity contribution in [1.29, 1.82) is 0 Å². The number of hydrogen-bond donors (Lipinski definition) is 0. The maximum atomic E-state index is 5.97. The topological polar surface area (TPSA) is 21.7 Å². The van der Waals surface area contributed by atoms with Crippen LogP contribution < -0.4 is 9.47 Å². The van der Waals surface area contributed by atoms with Crippen LogP contribution >= 0.6 is 28.6 Å². The fourth-order valence-corrected chi connectivity index (χ4v) is 3.81. The molecule has 0 bridgehead atoms. The van der Waals surface area contributed by atoms with Crippen LogP contribution in [0.5, 0.6) is 11.5 Å². The number of likely N-dealkylation sites (N-methyl/N-ethyl adjacent to an activating group) is 1. The van der Waals surface area contributed by atoms with E-state index in [0.717, 1.165) is 48.7 Å². The molecule has 0 aliphatic carbocycles. The molecule has 26 heavy (non-hydrogen) atoms. The Labute approximate surface area is 172 Å². The average Bonchev–Trinajstić information content (AvgIpc) is 2.64. The molecular formula is C21H27BrClNO2. The van der Waals surface area contributed by atoms with E-state index in [9.17, 15) is 0 Å². The predicted molar refractivity (Wildman–Crippen MR) is 113 cm³/mol. The van der Waals surface area contributed by atoms with E-state index >= 15 is 0 Å². The molecule has 1 aliphatic rings. The highest BCUT2D eigenvalue weighted by Crippen LogP contribution is 2.39. The lowest BCUT2D eigenvalue weighted by atomic mass is 9.89. The van der Waals surface area contributed by atoms with Crippen LogP contribution in [0.25, 0.3) is 0 Å². The number of nitrogens with zero attached hydrogens (tertiary/aromatic N) is 1. The molecule has 3 nitrogen and oxygen atoms in total. The van der Waals surface area contributed by atoms with Crippen molar-refractivity contribution in [2.24, 2.45) is 0 Å². The fourth-order valence-electron chi connectivity index (χ4n) is 3.68. The lowest BCUT2D eigenvalue weighted by Crippen LogP contribution is -2.32. The molecule has 0 N–H and O–H groups in total. The van der Waals surface area contributed by atoms with Crippen LogP contribution in [0, 0.1) is 0 Å². The fraction of sp³-hybridized carbons (Fsp3) is 0.429. The molecule has 3 rings (SSSR count). The van der Waals surface area contributed by atoms with Gasteiger partial charge in [0.1, 0.15) is 0 Å².